The van der Waals surface area contributed by atoms with E-state index in [0.29, 0.717) is 0 Å². The molecule has 0 fully saturated rings. The van der Waals surface area contributed by atoms with Crippen LogP contribution in [0.2, 0.25) is 0 Å². The van der Waals surface area contributed by atoms with Crippen LogP contribution in [-0.2, 0) is 6.54 Å². The molecule has 0 amide bonds. The van der Waals surface area contributed by atoms with Crippen molar-refractivity contribution < 1.29 is 0 Å². The minimum atomic E-state index is 0.795. The van der Waals surface area contributed by atoms with Gasteiger partial charge in [-0.25, -0.2) is 0 Å². The van der Waals surface area contributed by atoms with E-state index in [0.717, 1.165) is 12.5 Å². The second kappa shape index (κ2) is 5.89. The average molecular weight is 276 g/mol. The van der Waals surface area contributed by atoms with Crippen molar-refractivity contribution in [3.63, 3.8) is 0 Å². The molecule has 0 aromatic carbocycles. The Morgan fingerprint density at radius 1 is 1.50 bits per heavy atom. The molecule has 0 saturated carbocycles. The minimum Gasteiger partial charge on any atom is -0.301 e. The van der Waals surface area contributed by atoms with E-state index in [1.54, 1.807) is 0 Å². The van der Waals surface area contributed by atoms with Crippen LogP contribution in [0.3, 0.4) is 0 Å². The summed E-state index contributed by atoms with van der Waals surface area (Å²) in [5.41, 5.74) is 0. The molecule has 0 bridgehead atoms. The van der Waals surface area contributed by atoms with Crippen LogP contribution in [0.4, 0.5) is 0 Å². The van der Waals surface area contributed by atoms with E-state index >= 15 is 0 Å². The maximum atomic E-state index is 3.49. The molecule has 14 heavy (non-hydrogen) atoms. The number of hydrogen-bond acceptors (Lipinski definition) is 2. The van der Waals surface area contributed by atoms with Gasteiger partial charge in [0.1, 0.15) is 0 Å². The predicted octanol–water partition coefficient (Wildman–Crippen LogP) is 3.99. The number of rotatable bonds is 5. The number of halogens is 1. The lowest BCUT2D eigenvalue weighted by Crippen LogP contribution is -2.23. The zero-order valence-corrected chi connectivity index (χ0v) is 11.5. The van der Waals surface area contributed by atoms with Gasteiger partial charge in [-0.1, -0.05) is 20.3 Å². The molecular weight excluding hydrogens is 258 g/mol. The van der Waals surface area contributed by atoms with Gasteiger partial charge in [-0.3, -0.25) is 0 Å². The van der Waals surface area contributed by atoms with Gasteiger partial charge < -0.3 is 4.90 Å². The highest BCUT2D eigenvalue weighted by molar-refractivity contribution is 9.11. The summed E-state index contributed by atoms with van der Waals surface area (Å²) in [6, 6.07) is 4.32. The van der Waals surface area contributed by atoms with Gasteiger partial charge in [-0.15, -0.1) is 11.3 Å². The van der Waals surface area contributed by atoms with Crippen LogP contribution >= 0.6 is 27.3 Å². The van der Waals surface area contributed by atoms with Gasteiger partial charge >= 0.3 is 0 Å². The molecule has 1 aromatic rings. The third-order valence-corrected chi connectivity index (χ3v) is 3.98. The van der Waals surface area contributed by atoms with E-state index in [2.05, 4.69) is 53.9 Å². The molecule has 0 aliphatic carbocycles. The summed E-state index contributed by atoms with van der Waals surface area (Å²) in [7, 11) is 2.19. The van der Waals surface area contributed by atoms with Gasteiger partial charge in [-0.05, 0) is 41.0 Å². The summed E-state index contributed by atoms with van der Waals surface area (Å²) in [6.07, 6.45) is 1.26. The number of thiophene rings is 1. The molecule has 3 heteroatoms. The molecule has 1 unspecified atom stereocenters. The third kappa shape index (κ3) is 4.11. The van der Waals surface area contributed by atoms with Crippen molar-refractivity contribution in [2.45, 2.75) is 26.8 Å². The molecule has 1 rings (SSSR count). The molecule has 0 N–H and O–H groups in total. The second-order valence-corrected chi connectivity index (χ2v) is 6.46. The molecule has 1 nitrogen and oxygen atoms in total. The fraction of sp³-hybridized carbons (Fsp3) is 0.636. The highest BCUT2D eigenvalue weighted by atomic mass is 79.9. The fourth-order valence-electron chi connectivity index (χ4n) is 1.43. The van der Waals surface area contributed by atoms with Gasteiger partial charge in [0.05, 0.1) is 3.79 Å². The Labute approximate surface area is 99.3 Å². The lowest BCUT2D eigenvalue weighted by molar-refractivity contribution is 0.277. The summed E-state index contributed by atoms with van der Waals surface area (Å²) in [6.45, 7) is 6.81. The van der Waals surface area contributed by atoms with Crippen molar-refractivity contribution in [2.75, 3.05) is 13.6 Å². The largest absolute Gasteiger partial charge is 0.301 e. The SMILES string of the molecule is CCC(C)CN(C)Cc1ccc(Br)s1. The van der Waals surface area contributed by atoms with Gasteiger partial charge in [0.2, 0.25) is 0 Å². The van der Waals surface area contributed by atoms with Crippen LogP contribution in [0.5, 0.6) is 0 Å². The maximum absolute atomic E-state index is 3.49. The van der Waals surface area contributed by atoms with E-state index in [1.165, 1.54) is 21.6 Å². The zero-order chi connectivity index (χ0) is 10.6. The van der Waals surface area contributed by atoms with Crippen LogP contribution in [0.1, 0.15) is 25.1 Å². The van der Waals surface area contributed by atoms with Crippen LogP contribution in [0.15, 0.2) is 15.9 Å². The molecule has 0 radical (unpaired) electrons. The maximum Gasteiger partial charge on any atom is 0.0701 e. The lowest BCUT2D eigenvalue weighted by atomic mass is 10.1. The Balaban J connectivity index is 2.37. The summed E-state index contributed by atoms with van der Waals surface area (Å²) < 4.78 is 1.23. The normalized spacial score (nSPS) is 13.5. The Bertz CT molecular complexity index is 272. The first kappa shape index (κ1) is 12.2. The first-order valence-corrected chi connectivity index (χ1v) is 6.65. The van der Waals surface area contributed by atoms with E-state index in [1.807, 2.05) is 11.3 Å². The van der Waals surface area contributed by atoms with Gasteiger partial charge in [0, 0.05) is 18.0 Å². The summed E-state index contributed by atoms with van der Waals surface area (Å²) in [4.78, 5) is 3.83. The van der Waals surface area contributed by atoms with E-state index < -0.39 is 0 Å². The molecular formula is C11H18BrNS. The highest BCUT2D eigenvalue weighted by Crippen LogP contribution is 2.23. The molecule has 80 valence electrons. The van der Waals surface area contributed by atoms with Crippen molar-refractivity contribution in [1.82, 2.24) is 4.90 Å². The van der Waals surface area contributed by atoms with Crippen molar-refractivity contribution in [3.05, 3.63) is 20.8 Å². The van der Waals surface area contributed by atoms with Crippen LogP contribution in [0.25, 0.3) is 0 Å². The van der Waals surface area contributed by atoms with Crippen molar-refractivity contribution in [1.29, 1.82) is 0 Å². The monoisotopic (exact) mass is 275 g/mol. The zero-order valence-electron chi connectivity index (χ0n) is 9.09. The smallest absolute Gasteiger partial charge is 0.0701 e. The Morgan fingerprint density at radius 3 is 2.71 bits per heavy atom. The molecule has 1 heterocycles. The van der Waals surface area contributed by atoms with Gasteiger partial charge in [0.15, 0.2) is 0 Å². The number of hydrogen-bond donors (Lipinski definition) is 0. The van der Waals surface area contributed by atoms with Crippen molar-refractivity contribution in [2.24, 2.45) is 5.92 Å². The van der Waals surface area contributed by atoms with Crippen molar-refractivity contribution in [3.8, 4) is 0 Å². The standard InChI is InChI=1S/C11H18BrNS/c1-4-9(2)7-13(3)8-10-5-6-11(12)14-10/h5-6,9H,4,7-8H2,1-3H3. The molecule has 1 atom stereocenters. The molecule has 0 saturated heterocycles. The molecule has 0 spiro atoms. The van der Waals surface area contributed by atoms with Gasteiger partial charge in [-0.2, -0.15) is 0 Å². The van der Waals surface area contributed by atoms with Crippen LogP contribution < -0.4 is 0 Å². The third-order valence-electron chi connectivity index (χ3n) is 2.37. The predicted molar refractivity (Wildman–Crippen MR) is 67.8 cm³/mol. The second-order valence-electron chi connectivity index (χ2n) is 3.92. The minimum absolute atomic E-state index is 0.795. The summed E-state index contributed by atoms with van der Waals surface area (Å²) in [5, 5.41) is 0. The molecule has 1 aromatic heterocycles. The summed E-state index contributed by atoms with van der Waals surface area (Å²) >= 11 is 5.31. The number of nitrogens with zero attached hydrogens (tertiary/aromatic N) is 1. The average Bonchev–Trinajstić information content (AvgIpc) is 2.50. The summed E-state index contributed by atoms with van der Waals surface area (Å²) in [5.74, 6) is 0.795. The van der Waals surface area contributed by atoms with Crippen molar-refractivity contribution >= 4 is 27.3 Å². The molecule has 0 aliphatic heterocycles. The Kier molecular flexibility index (Phi) is 5.13. The fourth-order valence-corrected chi connectivity index (χ4v) is 2.99. The highest BCUT2D eigenvalue weighted by Gasteiger charge is 2.06. The quantitative estimate of drug-likeness (QED) is 0.786. The van der Waals surface area contributed by atoms with E-state index in [4.69, 9.17) is 0 Å². The Morgan fingerprint density at radius 2 is 2.21 bits per heavy atom. The Hall–Kier alpha value is 0.140. The van der Waals surface area contributed by atoms with Gasteiger partial charge in [0.25, 0.3) is 0 Å². The first-order chi connectivity index (χ1) is 6.61. The van der Waals surface area contributed by atoms with E-state index in [-0.39, 0.29) is 0 Å². The first-order valence-electron chi connectivity index (χ1n) is 5.04. The van der Waals surface area contributed by atoms with Crippen LogP contribution in [0, 0.1) is 5.92 Å². The lowest BCUT2D eigenvalue weighted by Gasteiger charge is -2.19. The van der Waals surface area contributed by atoms with Crippen LogP contribution in [-0.4, -0.2) is 18.5 Å². The molecule has 0 aliphatic rings. The topological polar surface area (TPSA) is 3.24 Å². The van der Waals surface area contributed by atoms with E-state index in [9.17, 15) is 0 Å².